The molecule has 0 aromatic heterocycles. The molecule has 1 N–H and O–H groups in total. The number of esters is 1. The van der Waals surface area contributed by atoms with Gasteiger partial charge in [0.15, 0.2) is 23.6 Å². The van der Waals surface area contributed by atoms with Crippen LogP contribution in [-0.2, 0) is 20.7 Å². The Morgan fingerprint density at radius 1 is 1.08 bits per heavy atom. The van der Waals surface area contributed by atoms with Crippen LogP contribution in [0.2, 0.25) is 10.0 Å². The van der Waals surface area contributed by atoms with E-state index in [4.69, 9.17) is 27.9 Å². The lowest BCUT2D eigenvalue weighted by molar-refractivity contribution is -0.152. The van der Waals surface area contributed by atoms with Crippen LogP contribution in [0, 0.1) is 17.5 Å². The quantitative estimate of drug-likeness (QED) is 0.587. The van der Waals surface area contributed by atoms with E-state index in [-0.39, 0.29) is 16.5 Å². The first kappa shape index (κ1) is 20.1. The van der Waals surface area contributed by atoms with Crippen LogP contribution in [0.5, 0.6) is 0 Å². The minimum Gasteiger partial charge on any atom is -0.452 e. The minimum atomic E-state index is -1.72. The van der Waals surface area contributed by atoms with Gasteiger partial charge in [-0.25, -0.2) is 13.2 Å². The summed E-state index contributed by atoms with van der Waals surface area (Å²) < 4.78 is 44.5. The van der Waals surface area contributed by atoms with Crippen molar-refractivity contribution in [2.75, 3.05) is 5.32 Å². The first-order valence-electron chi connectivity index (χ1n) is 7.27. The first-order valence-corrected chi connectivity index (χ1v) is 8.03. The number of hydrogen-bond donors (Lipinski definition) is 1. The first-order chi connectivity index (χ1) is 12.2. The number of anilines is 1. The zero-order chi connectivity index (χ0) is 19.4. The Morgan fingerprint density at radius 2 is 1.69 bits per heavy atom. The van der Waals surface area contributed by atoms with Crippen molar-refractivity contribution in [1.82, 2.24) is 0 Å². The number of carbonyl (C=O) groups excluding carboxylic acids is 2. The maximum absolute atomic E-state index is 13.6. The second-order valence-electron chi connectivity index (χ2n) is 5.22. The molecule has 0 saturated heterocycles. The summed E-state index contributed by atoms with van der Waals surface area (Å²) in [4.78, 5) is 23.9. The van der Waals surface area contributed by atoms with Crippen LogP contribution in [0.15, 0.2) is 30.3 Å². The van der Waals surface area contributed by atoms with Crippen molar-refractivity contribution >= 4 is 40.8 Å². The lowest BCUT2D eigenvalue weighted by Gasteiger charge is -2.15. The van der Waals surface area contributed by atoms with E-state index in [9.17, 15) is 22.8 Å². The van der Waals surface area contributed by atoms with Crippen LogP contribution in [0.1, 0.15) is 12.5 Å². The topological polar surface area (TPSA) is 55.4 Å². The normalized spacial score (nSPS) is 11.8. The van der Waals surface area contributed by atoms with Gasteiger partial charge in [0, 0.05) is 15.6 Å². The molecule has 2 aromatic rings. The lowest BCUT2D eigenvalue weighted by atomic mass is 10.1. The summed E-state index contributed by atoms with van der Waals surface area (Å²) in [6.45, 7) is 1.24. The van der Waals surface area contributed by atoms with Crippen molar-refractivity contribution in [3.05, 3.63) is 63.4 Å². The van der Waals surface area contributed by atoms with Gasteiger partial charge in [0.1, 0.15) is 0 Å². The average molecular weight is 406 g/mol. The Kier molecular flexibility index (Phi) is 6.50. The molecule has 0 spiro atoms. The molecule has 9 heteroatoms. The molecule has 26 heavy (non-hydrogen) atoms. The molecule has 1 amide bonds. The third kappa shape index (κ3) is 4.68. The van der Waals surface area contributed by atoms with Crippen LogP contribution < -0.4 is 5.32 Å². The Bertz CT molecular complexity index is 841. The van der Waals surface area contributed by atoms with E-state index in [0.717, 1.165) is 6.07 Å². The van der Waals surface area contributed by atoms with E-state index >= 15 is 0 Å². The zero-order valence-electron chi connectivity index (χ0n) is 13.3. The van der Waals surface area contributed by atoms with Gasteiger partial charge in [-0.3, -0.25) is 9.59 Å². The number of benzene rings is 2. The van der Waals surface area contributed by atoms with E-state index in [2.05, 4.69) is 0 Å². The van der Waals surface area contributed by atoms with Crippen LogP contribution in [0.3, 0.4) is 0 Å². The zero-order valence-corrected chi connectivity index (χ0v) is 14.8. The third-order valence-corrected chi connectivity index (χ3v) is 4.06. The summed E-state index contributed by atoms with van der Waals surface area (Å²) in [7, 11) is 0. The molecular weight excluding hydrogens is 394 g/mol. The molecule has 0 fully saturated rings. The van der Waals surface area contributed by atoms with Gasteiger partial charge >= 0.3 is 5.97 Å². The van der Waals surface area contributed by atoms with Gasteiger partial charge in [-0.2, -0.15) is 0 Å². The summed E-state index contributed by atoms with van der Waals surface area (Å²) in [6.07, 6.45) is -1.60. The Hall–Kier alpha value is -2.25. The fourth-order valence-corrected chi connectivity index (χ4v) is 2.53. The van der Waals surface area contributed by atoms with Gasteiger partial charge in [-0.1, -0.05) is 29.3 Å². The molecular formula is C17H12Cl2F3NO3. The van der Waals surface area contributed by atoms with Crippen LogP contribution >= 0.6 is 23.2 Å². The minimum absolute atomic E-state index is 0.260. The highest BCUT2D eigenvalue weighted by Crippen LogP contribution is 2.25. The fourth-order valence-electron chi connectivity index (χ4n) is 1.99. The predicted octanol–water partition coefficient (Wildman–Crippen LogP) is 4.52. The molecule has 0 saturated carbocycles. The summed E-state index contributed by atoms with van der Waals surface area (Å²) in [5.74, 6) is -6.39. The molecule has 0 bridgehead atoms. The van der Waals surface area contributed by atoms with Crippen LogP contribution in [0.4, 0.5) is 18.9 Å². The van der Waals surface area contributed by atoms with Crippen molar-refractivity contribution in [2.45, 2.75) is 19.4 Å². The lowest BCUT2D eigenvalue weighted by Crippen LogP contribution is -2.31. The summed E-state index contributed by atoms with van der Waals surface area (Å²) >= 11 is 11.9. The van der Waals surface area contributed by atoms with Crippen molar-refractivity contribution in [3.8, 4) is 0 Å². The molecule has 0 aliphatic carbocycles. The van der Waals surface area contributed by atoms with Crippen molar-refractivity contribution in [1.29, 1.82) is 0 Å². The standard InChI is InChI=1S/C17H12Cl2F3NO3/c1-8(17(25)23-13-6-5-12(20)15(21)16(13)22)26-14(24)7-9-10(18)3-2-4-11(9)19/h2-6,8H,7H2,1H3,(H,23,25). The number of ether oxygens (including phenoxy) is 1. The monoisotopic (exact) mass is 405 g/mol. The second-order valence-corrected chi connectivity index (χ2v) is 6.04. The molecule has 0 heterocycles. The molecule has 0 aliphatic heterocycles. The van der Waals surface area contributed by atoms with Gasteiger partial charge in [-0.05, 0) is 31.2 Å². The Balaban J connectivity index is 2.01. The smallest absolute Gasteiger partial charge is 0.311 e. The van der Waals surface area contributed by atoms with Crippen molar-refractivity contribution in [3.63, 3.8) is 0 Å². The van der Waals surface area contributed by atoms with E-state index in [1.54, 1.807) is 6.07 Å². The highest BCUT2D eigenvalue weighted by atomic mass is 35.5. The Labute approximate surface area is 156 Å². The summed E-state index contributed by atoms with van der Waals surface area (Å²) in [5, 5.41) is 2.54. The molecule has 2 aromatic carbocycles. The van der Waals surface area contributed by atoms with E-state index < -0.39 is 41.1 Å². The van der Waals surface area contributed by atoms with Gasteiger partial charge in [0.2, 0.25) is 0 Å². The largest absolute Gasteiger partial charge is 0.452 e. The van der Waals surface area contributed by atoms with Gasteiger partial charge in [0.25, 0.3) is 5.91 Å². The molecule has 0 radical (unpaired) electrons. The molecule has 2 rings (SSSR count). The second kappa shape index (κ2) is 8.42. The molecule has 138 valence electrons. The van der Waals surface area contributed by atoms with Crippen LogP contribution in [-0.4, -0.2) is 18.0 Å². The van der Waals surface area contributed by atoms with E-state index in [1.165, 1.54) is 19.1 Å². The maximum atomic E-state index is 13.6. The van der Waals surface area contributed by atoms with E-state index in [0.29, 0.717) is 11.6 Å². The number of rotatable bonds is 5. The summed E-state index contributed by atoms with van der Waals surface area (Å²) in [6, 6.07) is 6.19. The highest BCUT2D eigenvalue weighted by Gasteiger charge is 2.22. The van der Waals surface area contributed by atoms with Crippen LogP contribution in [0.25, 0.3) is 0 Å². The van der Waals surface area contributed by atoms with Gasteiger partial charge in [-0.15, -0.1) is 0 Å². The Morgan fingerprint density at radius 3 is 2.31 bits per heavy atom. The molecule has 4 nitrogen and oxygen atoms in total. The average Bonchev–Trinajstić information content (AvgIpc) is 2.58. The summed E-state index contributed by atoms with van der Waals surface area (Å²) in [5.41, 5.74) is -0.244. The van der Waals surface area contributed by atoms with Gasteiger partial charge < -0.3 is 10.1 Å². The van der Waals surface area contributed by atoms with Crippen molar-refractivity contribution in [2.24, 2.45) is 0 Å². The highest BCUT2D eigenvalue weighted by molar-refractivity contribution is 6.36. The fraction of sp³-hybridized carbons (Fsp3) is 0.176. The molecule has 1 atom stereocenters. The third-order valence-electron chi connectivity index (χ3n) is 3.35. The van der Waals surface area contributed by atoms with Gasteiger partial charge in [0.05, 0.1) is 12.1 Å². The molecule has 1 unspecified atom stereocenters. The number of nitrogens with one attached hydrogen (secondary N) is 1. The molecule has 0 aliphatic rings. The number of amides is 1. The SMILES string of the molecule is CC(OC(=O)Cc1c(Cl)cccc1Cl)C(=O)Nc1ccc(F)c(F)c1F. The predicted molar refractivity (Wildman–Crippen MR) is 90.7 cm³/mol. The maximum Gasteiger partial charge on any atom is 0.311 e. The number of hydrogen-bond acceptors (Lipinski definition) is 3. The number of halogens is 5. The van der Waals surface area contributed by atoms with Crippen molar-refractivity contribution < 1.29 is 27.5 Å². The van der Waals surface area contributed by atoms with E-state index in [1.807, 2.05) is 5.32 Å². The number of carbonyl (C=O) groups is 2.